The second-order valence-corrected chi connectivity index (χ2v) is 8.70. The van der Waals surface area contributed by atoms with Gasteiger partial charge in [-0.25, -0.2) is 0 Å². The fourth-order valence-electron chi connectivity index (χ4n) is 3.34. The monoisotopic (exact) mass is 390 g/mol. The van der Waals surface area contributed by atoms with E-state index in [9.17, 15) is 4.79 Å². The SMILES string of the molecule is O=C(c1sc2ccccc2c1Cl)N(Cc1cccs1)C1CCNCC1. The van der Waals surface area contributed by atoms with Crippen LogP contribution in [0.4, 0.5) is 0 Å². The minimum atomic E-state index is 0.0616. The van der Waals surface area contributed by atoms with Crippen molar-refractivity contribution in [1.82, 2.24) is 10.2 Å². The summed E-state index contributed by atoms with van der Waals surface area (Å²) in [5.41, 5.74) is 0. The first-order valence-electron chi connectivity index (χ1n) is 8.45. The summed E-state index contributed by atoms with van der Waals surface area (Å²) in [4.78, 5) is 17.3. The Balaban J connectivity index is 1.69. The van der Waals surface area contributed by atoms with Crippen molar-refractivity contribution in [1.29, 1.82) is 0 Å². The number of carbonyl (C=O) groups excluding carboxylic acids is 1. The van der Waals surface area contributed by atoms with Gasteiger partial charge < -0.3 is 10.2 Å². The van der Waals surface area contributed by atoms with Crippen LogP contribution < -0.4 is 5.32 Å². The molecule has 3 heterocycles. The molecule has 1 amide bonds. The molecule has 1 aromatic carbocycles. The number of nitrogens with one attached hydrogen (secondary N) is 1. The van der Waals surface area contributed by atoms with E-state index >= 15 is 0 Å². The molecule has 25 heavy (non-hydrogen) atoms. The summed E-state index contributed by atoms with van der Waals surface area (Å²) in [6.07, 6.45) is 1.97. The maximum Gasteiger partial charge on any atom is 0.266 e. The molecule has 0 bridgehead atoms. The largest absolute Gasteiger partial charge is 0.330 e. The van der Waals surface area contributed by atoms with Crippen LogP contribution in [0.3, 0.4) is 0 Å². The van der Waals surface area contributed by atoms with Gasteiger partial charge in [-0.3, -0.25) is 4.79 Å². The van der Waals surface area contributed by atoms with Crippen molar-refractivity contribution in [3.63, 3.8) is 0 Å². The summed E-state index contributed by atoms with van der Waals surface area (Å²) >= 11 is 9.77. The maximum absolute atomic E-state index is 13.4. The topological polar surface area (TPSA) is 32.3 Å². The predicted molar refractivity (Wildman–Crippen MR) is 107 cm³/mol. The molecular weight excluding hydrogens is 372 g/mol. The summed E-state index contributed by atoms with van der Waals surface area (Å²) in [5, 5.41) is 7.01. The molecule has 1 fully saturated rings. The molecule has 0 radical (unpaired) electrons. The minimum Gasteiger partial charge on any atom is -0.330 e. The number of benzene rings is 1. The lowest BCUT2D eigenvalue weighted by atomic mass is 10.0. The zero-order valence-corrected chi connectivity index (χ0v) is 16.1. The maximum atomic E-state index is 13.4. The molecule has 0 spiro atoms. The van der Waals surface area contributed by atoms with Crippen LogP contribution >= 0.6 is 34.3 Å². The molecule has 1 N–H and O–H groups in total. The van der Waals surface area contributed by atoms with Crippen molar-refractivity contribution >= 4 is 50.3 Å². The Morgan fingerprint density at radius 1 is 1.20 bits per heavy atom. The third-order valence-corrected chi connectivity index (χ3v) is 7.17. The number of hydrogen-bond donors (Lipinski definition) is 1. The third kappa shape index (κ3) is 3.47. The molecule has 130 valence electrons. The van der Waals surface area contributed by atoms with E-state index in [0.717, 1.165) is 36.0 Å². The van der Waals surface area contributed by atoms with Crippen molar-refractivity contribution in [3.8, 4) is 0 Å². The van der Waals surface area contributed by atoms with E-state index in [1.54, 1.807) is 11.3 Å². The lowest BCUT2D eigenvalue weighted by Gasteiger charge is -2.34. The molecule has 6 heteroatoms. The third-order valence-electron chi connectivity index (χ3n) is 4.65. The molecule has 1 aliphatic heterocycles. The Hall–Kier alpha value is -1.40. The standard InChI is InChI=1S/C19H19ClN2OS2/c20-17-15-5-1-2-6-16(15)25-18(17)19(23)22(12-14-4-3-11-24-14)13-7-9-21-10-8-13/h1-6,11,13,21H,7-10,12H2. The molecule has 2 aromatic heterocycles. The van der Waals surface area contributed by atoms with Gasteiger partial charge in [0.1, 0.15) is 4.88 Å². The van der Waals surface area contributed by atoms with Crippen molar-refractivity contribution in [2.24, 2.45) is 0 Å². The summed E-state index contributed by atoms with van der Waals surface area (Å²) < 4.78 is 1.07. The van der Waals surface area contributed by atoms with E-state index < -0.39 is 0 Å². The van der Waals surface area contributed by atoms with Crippen molar-refractivity contribution in [2.75, 3.05) is 13.1 Å². The molecule has 0 aliphatic carbocycles. The Kier molecular flexibility index (Phi) is 5.08. The normalized spacial score (nSPS) is 15.6. The van der Waals surface area contributed by atoms with E-state index in [4.69, 9.17) is 11.6 Å². The van der Waals surface area contributed by atoms with Crippen LogP contribution in [0.15, 0.2) is 41.8 Å². The predicted octanol–water partition coefficient (Wildman–Crippen LogP) is 5.01. The van der Waals surface area contributed by atoms with E-state index in [1.165, 1.54) is 16.2 Å². The van der Waals surface area contributed by atoms with Gasteiger partial charge in [0.05, 0.1) is 11.6 Å². The van der Waals surface area contributed by atoms with E-state index in [1.807, 2.05) is 35.2 Å². The van der Waals surface area contributed by atoms with Gasteiger partial charge >= 0.3 is 0 Å². The second-order valence-electron chi connectivity index (χ2n) is 6.23. The van der Waals surface area contributed by atoms with Gasteiger partial charge in [-0.05, 0) is 43.4 Å². The smallest absolute Gasteiger partial charge is 0.266 e. The number of carbonyl (C=O) groups is 1. The average Bonchev–Trinajstić information content (AvgIpc) is 3.28. The van der Waals surface area contributed by atoms with Gasteiger partial charge in [0, 0.05) is 21.0 Å². The first-order chi connectivity index (χ1) is 12.2. The van der Waals surface area contributed by atoms with Crippen LogP contribution in [-0.4, -0.2) is 29.9 Å². The number of rotatable bonds is 4. The van der Waals surface area contributed by atoms with Crippen LogP contribution in [0.25, 0.3) is 10.1 Å². The van der Waals surface area contributed by atoms with Gasteiger partial charge in [0.2, 0.25) is 0 Å². The molecule has 0 saturated carbocycles. The van der Waals surface area contributed by atoms with Crippen LogP contribution in [-0.2, 0) is 6.54 Å². The zero-order valence-electron chi connectivity index (χ0n) is 13.7. The van der Waals surface area contributed by atoms with E-state index in [2.05, 4.69) is 16.8 Å². The van der Waals surface area contributed by atoms with Crippen molar-refractivity contribution in [3.05, 3.63) is 56.6 Å². The Labute approximate surface area is 160 Å². The van der Waals surface area contributed by atoms with Gasteiger partial charge in [-0.2, -0.15) is 0 Å². The van der Waals surface area contributed by atoms with Crippen LogP contribution in [0.1, 0.15) is 27.4 Å². The summed E-state index contributed by atoms with van der Waals surface area (Å²) in [7, 11) is 0. The number of piperidine rings is 1. The number of hydrogen-bond acceptors (Lipinski definition) is 4. The first kappa shape index (κ1) is 17.0. The Bertz CT molecular complexity index is 869. The highest BCUT2D eigenvalue weighted by Crippen LogP contribution is 2.37. The number of nitrogens with zero attached hydrogens (tertiary/aromatic N) is 1. The average molecular weight is 391 g/mol. The lowest BCUT2D eigenvalue weighted by Crippen LogP contribution is -2.45. The molecule has 1 aliphatic rings. The van der Waals surface area contributed by atoms with Gasteiger partial charge in [0.15, 0.2) is 0 Å². The van der Waals surface area contributed by atoms with E-state index in [0.29, 0.717) is 16.4 Å². The van der Waals surface area contributed by atoms with Gasteiger partial charge in [0.25, 0.3) is 5.91 Å². The highest BCUT2D eigenvalue weighted by molar-refractivity contribution is 7.21. The minimum absolute atomic E-state index is 0.0616. The Morgan fingerprint density at radius 2 is 2.00 bits per heavy atom. The van der Waals surface area contributed by atoms with Crippen molar-refractivity contribution in [2.45, 2.75) is 25.4 Å². The highest BCUT2D eigenvalue weighted by Gasteiger charge is 2.29. The van der Waals surface area contributed by atoms with Crippen molar-refractivity contribution < 1.29 is 4.79 Å². The van der Waals surface area contributed by atoms with Gasteiger partial charge in [-0.1, -0.05) is 35.9 Å². The van der Waals surface area contributed by atoms with Crippen LogP contribution in [0.5, 0.6) is 0 Å². The molecule has 1 saturated heterocycles. The fourth-order valence-corrected chi connectivity index (χ4v) is 5.51. The quantitative estimate of drug-likeness (QED) is 0.679. The molecule has 0 atom stereocenters. The summed E-state index contributed by atoms with van der Waals surface area (Å²) in [6, 6.07) is 12.4. The number of fused-ring (bicyclic) bond motifs is 1. The molecule has 0 unspecified atom stereocenters. The van der Waals surface area contributed by atoms with Gasteiger partial charge in [-0.15, -0.1) is 22.7 Å². The number of halogens is 1. The molecular formula is C19H19ClN2OS2. The van der Waals surface area contributed by atoms with Crippen LogP contribution in [0.2, 0.25) is 5.02 Å². The van der Waals surface area contributed by atoms with E-state index in [-0.39, 0.29) is 11.9 Å². The molecule has 4 rings (SSSR count). The Morgan fingerprint density at radius 3 is 2.72 bits per heavy atom. The molecule has 3 aromatic rings. The summed E-state index contributed by atoms with van der Waals surface area (Å²) in [6.45, 7) is 2.57. The highest BCUT2D eigenvalue weighted by atomic mass is 35.5. The zero-order chi connectivity index (χ0) is 17.2. The summed E-state index contributed by atoms with van der Waals surface area (Å²) in [5.74, 6) is 0.0616. The molecule has 3 nitrogen and oxygen atoms in total. The fraction of sp³-hybridized carbons (Fsp3) is 0.316. The first-order valence-corrected chi connectivity index (χ1v) is 10.5. The van der Waals surface area contributed by atoms with Crippen LogP contribution in [0, 0.1) is 0 Å². The number of amides is 1. The second kappa shape index (κ2) is 7.46. The lowest BCUT2D eigenvalue weighted by molar-refractivity contribution is 0.0631. The number of thiophene rings is 2.